The van der Waals surface area contributed by atoms with Gasteiger partial charge in [0.05, 0.1) is 20.0 Å². The number of aromatic nitrogens is 3. The van der Waals surface area contributed by atoms with Gasteiger partial charge in [0.1, 0.15) is 17.2 Å². The van der Waals surface area contributed by atoms with Crippen LogP contribution in [-0.2, 0) is 11.2 Å². The van der Waals surface area contributed by atoms with Crippen molar-refractivity contribution in [2.75, 3.05) is 31.1 Å². The van der Waals surface area contributed by atoms with Crippen molar-refractivity contribution >= 4 is 23.4 Å². The Bertz CT molecular complexity index is 1070. The predicted octanol–water partition coefficient (Wildman–Crippen LogP) is 1.69. The third-order valence-electron chi connectivity index (χ3n) is 4.16. The van der Waals surface area contributed by atoms with Crippen LogP contribution in [0.2, 0.25) is 0 Å². The van der Waals surface area contributed by atoms with Gasteiger partial charge in [0, 0.05) is 12.1 Å². The average molecular weight is 427 g/mol. The van der Waals surface area contributed by atoms with E-state index in [1.807, 2.05) is 12.1 Å². The number of anilines is 1. The zero-order chi connectivity index (χ0) is 21.5. The summed E-state index contributed by atoms with van der Waals surface area (Å²) in [6, 6.07) is 14.2. The van der Waals surface area contributed by atoms with Gasteiger partial charge in [-0.3, -0.25) is 9.59 Å². The Balaban J connectivity index is 1.61. The Hall–Kier alpha value is -3.53. The summed E-state index contributed by atoms with van der Waals surface area (Å²) in [5.41, 5.74) is 1.27. The summed E-state index contributed by atoms with van der Waals surface area (Å²) < 4.78 is 11.1. The molecule has 1 amide bonds. The van der Waals surface area contributed by atoms with Gasteiger partial charge < -0.3 is 20.6 Å². The van der Waals surface area contributed by atoms with Crippen LogP contribution in [0.3, 0.4) is 0 Å². The first-order chi connectivity index (χ1) is 14.5. The number of carbonyl (C=O) groups excluding carboxylic acids is 1. The second kappa shape index (κ2) is 9.79. The van der Waals surface area contributed by atoms with Crippen molar-refractivity contribution in [3.63, 3.8) is 0 Å². The second-order valence-electron chi connectivity index (χ2n) is 6.19. The van der Waals surface area contributed by atoms with Crippen LogP contribution in [0.1, 0.15) is 11.3 Å². The van der Waals surface area contributed by atoms with Crippen LogP contribution >= 0.6 is 11.8 Å². The van der Waals surface area contributed by atoms with Crippen LogP contribution in [0.5, 0.6) is 11.5 Å². The van der Waals surface area contributed by atoms with E-state index in [0.29, 0.717) is 11.4 Å². The Morgan fingerprint density at radius 2 is 1.63 bits per heavy atom. The Morgan fingerprint density at radius 1 is 1.03 bits per heavy atom. The normalized spacial score (nSPS) is 10.5. The summed E-state index contributed by atoms with van der Waals surface area (Å²) in [5, 5.41) is 10.9. The third-order valence-corrected chi connectivity index (χ3v) is 5.11. The molecule has 30 heavy (non-hydrogen) atoms. The smallest absolute Gasteiger partial charge is 0.294 e. The molecule has 0 atom stereocenters. The monoisotopic (exact) mass is 427 g/mol. The van der Waals surface area contributed by atoms with E-state index < -0.39 is 5.56 Å². The maximum absolute atomic E-state index is 12.5. The number of hydrogen-bond donors (Lipinski definition) is 2. The molecule has 9 nitrogen and oxygen atoms in total. The van der Waals surface area contributed by atoms with Crippen molar-refractivity contribution < 1.29 is 14.3 Å². The van der Waals surface area contributed by atoms with Gasteiger partial charge in [0.2, 0.25) is 11.1 Å². The van der Waals surface area contributed by atoms with Crippen LogP contribution in [-0.4, -0.2) is 40.8 Å². The van der Waals surface area contributed by atoms with E-state index >= 15 is 0 Å². The number of nitrogen functional groups attached to an aromatic ring is 1. The lowest BCUT2D eigenvalue weighted by molar-refractivity contribution is -0.113. The average Bonchev–Trinajstić information content (AvgIpc) is 2.77. The lowest BCUT2D eigenvalue weighted by atomic mass is 10.1. The van der Waals surface area contributed by atoms with Crippen LogP contribution in [0.15, 0.2) is 58.5 Å². The highest BCUT2D eigenvalue weighted by Crippen LogP contribution is 2.17. The number of amides is 1. The first-order valence-corrected chi connectivity index (χ1v) is 9.92. The lowest BCUT2D eigenvalue weighted by Crippen LogP contribution is -2.34. The van der Waals surface area contributed by atoms with Crippen molar-refractivity contribution in [1.82, 2.24) is 14.9 Å². The van der Waals surface area contributed by atoms with E-state index in [-0.39, 0.29) is 28.9 Å². The molecule has 10 heteroatoms. The standard InChI is InChI=1S/C20H21N5O4S/c1-28-15-7-3-13(4-8-15)11-17-19(27)25(21)20(24-23-17)30-12-18(26)22-14-5-9-16(29-2)10-6-14/h3-10H,11-12,21H2,1-2H3,(H,22,26). The summed E-state index contributed by atoms with van der Waals surface area (Å²) in [5.74, 6) is 7.05. The van der Waals surface area contributed by atoms with Gasteiger partial charge in [-0.25, -0.2) is 0 Å². The minimum atomic E-state index is -0.459. The van der Waals surface area contributed by atoms with Crippen LogP contribution in [0.25, 0.3) is 0 Å². The maximum Gasteiger partial charge on any atom is 0.294 e. The quantitative estimate of drug-likeness (QED) is 0.411. The molecule has 0 radical (unpaired) electrons. The van der Waals surface area contributed by atoms with Gasteiger partial charge >= 0.3 is 0 Å². The van der Waals surface area contributed by atoms with Crippen LogP contribution in [0.4, 0.5) is 5.69 Å². The summed E-state index contributed by atoms with van der Waals surface area (Å²) in [7, 11) is 3.15. The largest absolute Gasteiger partial charge is 0.497 e. The Morgan fingerprint density at radius 3 is 2.23 bits per heavy atom. The molecule has 0 saturated carbocycles. The topological polar surface area (TPSA) is 121 Å². The van der Waals surface area contributed by atoms with E-state index in [1.165, 1.54) is 0 Å². The lowest BCUT2D eigenvalue weighted by Gasteiger charge is -2.09. The van der Waals surface area contributed by atoms with Crippen LogP contribution in [0, 0.1) is 0 Å². The van der Waals surface area contributed by atoms with Crippen molar-refractivity contribution in [2.45, 2.75) is 11.6 Å². The van der Waals surface area contributed by atoms with E-state index in [2.05, 4.69) is 15.5 Å². The van der Waals surface area contributed by atoms with Gasteiger partial charge in [-0.05, 0) is 42.0 Å². The molecule has 0 aliphatic rings. The molecular formula is C20H21N5O4S. The highest BCUT2D eigenvalue weighted by atomic mass is 32.2. The number of rotatable bonds is 8. The molecule has 0 saturated heterocycles. The number of benzene rings is 2. The Kier molecular flexibility index (Phi) is 6.91. The molecule has 3 aromatic rings. The maximum atomic E-state index is 12.5. The molecule has 0 unspecified atom stereocenters. The van der Waals surface area contributed by atoms with E-state index in [1.54, 1.807) is 50.6 Å². The molecule has 156 valence electrons. The minimum absolute atomic E-state index is 0.0230. The minimum Gasteiger partial charge on any atom is -0.497 e. The highest BCUT2D eigenvalue weighted by Gasteiger charge is 2.13. The number of nitrogens with zero attached hydrogens (tertiary/aromatic N) is 3. The molecule has 1 aromatic heterocycles. The zero-order valence-electron chi connectivity index (χ0n) is 16.5. The Labute approximate surface area is 177 Å². The fourth-order valence-corrected chi connectivity index (χ4v) is 3.22. The van der Waals surface area contributed by atoms with Crippen molar-refractivity contribution in [1.29, 1.82) is 0 Å². The number of hydrogen-bond acceptors (Lipinski definition) is 8. The number of thioether (sulfide) groups is 1. The zero-order valence-corrected chi connectivity index (χ0v) is 17.3. The van der Waals surface area contributed by atoms with Crippen molar-refractivity contribution in [2.24, 2.45) is 0 Å². The summed E-state index contributed by atoms with van der Waals surface area (Å²) in [6.45, 7) is 0. The molecule has 0 fully saturated rings. The fourth-order valence-electron chi connectivity index (χ4n) is 2.57. The second-order valence-corrected chi connectivity index (χ2v) is 7.14. The molecular weight excluding hydrogens is 406 g/mol. The molecule has 2 aromatic carbocycles. The SMILES string of the molecule is COc1ccc(Cc2nnc(SCC(=O)Nc3ccc(OC)cc3)n(N)c2=O)cc1. The highest BCUT2D eigenvalue weighted by molar-refractivity contribution is 7.99. The van der Waals surface area contributed by atoms with Gasteiger partial charge in [-0.2, -0.15) is 4.68 Å². The van der Waals surface area contributed by atoms with Gasteiger partial charge in [0.15, 0.2) is 0 Å². The van der Waals surface area contributed by atoms with Crippen molar-refractivity contribution in [3.05, 3.63) is 70.1 Å². The number of nitrogens with two attached hydrogens (primary N) is 1. The summed E-state index contributed by atoms with van der Waals surface area (Å²) in [4.78, 5) is 24.6. The molecule has 0 spiro atoms. The molecule has 0 aliphatic carbocycles. The molecule has 3 rings (SSSR count). The predicted molar refractivity (Wildman–Crippen MR) is 115 cm³/mol. The number of carbonyl (C=O) groups is 1. The van der Waals surface area contributed by atoms with E-state index in [0.717, 1.165) is 27.8 Å². The fraction of sp³-hybridized carbons (Fsp3) is 0.200. The molecule has 0 aliphatic heterocycles. The number of methoxy groups -OCH3 is 2. The molecule has 3 N–H and O–H groups in total. The first kappa shape index (κ1) is 21.2. The van der Waals surface area contributed by atoms with Crippen LogP contribution < -0.4 is 26.2 Å². The summed E-state index contributed by atoms with van der Waals surface area (Å²) in [6.07, 6.45) is 0.288. The number of nitrogens with one attached hydrogen (secondary N) is 1. The first-order valence-electron chi connectivity index (χ1n) is 8.93. The van der Waals surface area contributed by atoms with Crippen molar-refractivity contribution in [3.8, 4) is 11.5 Å². The van der Waals surface area contributed by atoms with Gasteiger partial charge in [-0.1, -0.05) is 23.9 Å². The van der Waals surface area contributed by atoms with E-state index in [9.17, 15) is 9.59 Å². The van der Waals surface area contributed by atoms with Gasteiger partial charge in [-0.15, -0.1) is 10.2 Å². The van der Waals surface area contributed by atoms with E-state index in [4.69, 9.17) is 15.3 Å². The summed E-state index contributed by atoms with van der Waals surface area (Å²) >= 11 is 1.03. The molecule has 0 bridgehead atoms. The van der Waals surface area contributed by atoms with Gasteiger partial charge in [0.25, 0.3) is 5.56 Å². The molecule has 1 heterocycles. The number of ether oxygens (including phenoxy) is 2. The third kappa shape index (κ3) is 5.29.